The van der Waals surface area contributed by atoms with Crippen molar-refractivity contribution < 1.29 is 9.90 Å². The minimum absolute atomic E-state index is 0.157. The molecular formula is C12H17N3O2. The number of carbonyl (C=O) groups excluding carboxylic acids is 1. The van der Waals surface area contributed by atoms with Crippen LogP contribution in [0.1, 0.15) is 36.2 Å². The molecule has 1 amide bonds. The average Bonchev–Trinajstić information content (AvgIpc) is 2.33. The molecule has 92 valence electrons. The number of anilines is 1. The Morgan fingerprint density at radius 1 is 1.41 bits per heavy atom. The Morgan fingerprint density at radius 2 is 2.18 bits per heavy atom. The Morgan fingerprint density at radius 3 is 2.82 bits per heavy atom. The molecule has 0 radical (unpaired) electrons. The second-order valence-electron chi connectivity index (χ2n) is 4.41. The SMILES string of the molecule is Nc1ccc(C(=O)NC2CCCCC2O)nc1. The lowest BCUT2D eigenvalue weighted by atomic mass is 9.92. The molecule has 1 aromatic rings. The van der Waals surface area contributed by atoms with Crippen molar-refractivity contribution in [2.24, 2.45) is 0 Å². The topological polar surface area (TPSA) is 88.2 Å². The highest BCUT2D eigenvalue weighted by molar-refractivity contribution is 5.92. The molecule has 5 nitrogen and oxygen atoms in total. The molecule has 2 rings (SSSR count). The molecule has 0 saturated heterocycles. The highest BCUT2D eigenvalue weighted by atomic mass is 16.3. The zero-order valence-corrected chi connectivity index (χ0v) is 9.60. The van der Waals surface area contributed by atoms with E-state index in [1.807, 2.05) is 0 Å². The fourth-order valence-corrected chi connectivity index (χ4v) is 2.06. The number of pyridine rings is 1. The van der Waals surface area contributed by atoms with Crippen molar-refractivity contribution in [2.75, 3.05) is 5.73 Å². The third-order valence-corrected chi connectivity index (χ3v) is 3.06. The smallest absolute Gasteiger partial charge is 0.270 e. The second-order valence-corrected chi connectivity index (χ2v) is 4.41. The van der Waals surface area contributed by atoms with Crippen LogP contribution in [-0.4, -0.2) is 28.1 Å². The van der Waals surface area contributed by atoms with Gasteiger partial charge >= 0.3 is 0 Å². The van der Waals surface area contributed by atoms with Crippen LogP contribution in [0.25, 0.3) is 0 Å². The molecule has 5 heteroatoms. The van der Waals surface area contributed by atoms with Crippen LogP contribution in [-0.2, 0) is 0 Å². The number of nitrogens with zero attached hydrogens (tertiary/aromatic N) is 1. The Balaban J connectivity index is 1.98. The fraction of sp³-hybridized carbons (Fsp3) is 0.500. The second kappa shape index (κ2) is 5.14. The molecular weight excluding hydrogens is 218 g/mol. The summed E-state index contributed by atoms with van der Waals surface area (Å²) in [5.41, 5.74) is 6.36. The van der Waals surface area contributed by atoms with Crippen LogP contribution in [0, 0.1) is 0 Å². The predicted molar refractivity (Wildman–Crippen MR) is 64.4 cm³/mol. The summed E-state index contributed by atoms with van der Waals surface area (Å²) in [6.07, 6.45) is 4.64. The normalized spacial score (nSPS) is 24.3. The van der Waals surface area contributed by atoms with Crippen molar-refractivity contribution in [3.8, 4) is 0 Å². The van der Waals surface area contributed by atoms with E-state index < -0.39 is 6.10 Å². The number of hydrogen-bond acceptors (Lipinski definition) is 4. The number of aliphatic hydroxyl groups excluding tert-OH is 1. The van der Waals surface area contributed by atoms with E-state index in [0.717, 1.165) is 25.7 Å². The van der Waals surface area contributed by atoms with E-state index in [1.54, 1.807) is 12.1 Å². The largest absolute Gasteiger partial charge is 0.397 e. The minimum Gasteiger partial charge on any atom is -0.397 e. The van der Waals surface area contributed by atoms with Crippen molar-refractivity contribution >= 4 is 11.6 Å². The standard InChI is InChI=1S/C12H17N3O2/c13-8-5-6-10(14-7-8)12(17)15-9-3-1-2-4-11(9)16/h5-7,9,11,16H,1-4,13H2,(H,15,17). The van der Waals surface area contributed by atoms with Crippen LogP contribution in [0.5, 0.6) is 0 Å². The van der Waals surface area contributed by atoms with Gasteiger partial charge in [0.05, 0.1) is 24.0 Å². The highest BCUT2D eigenvalue weighted by Crippen LogP contribution is 2.18. The van der Waals surface area contributed by atoms with Crippen LogP contribution in [0.2, 0.25) is 0 Å². The van der Waals surface area contributed by atoms with Crippen molar-refractivity contribution in [1.82, 2.24) is 10.3 Å². The molecule has 0 aromatic carbocycles. The lowest BCUT2D eigenvalue weighted by Gasteiger charge is -2.28. The highest BCUT2D eigenvalue weighted by Gasteiger charge is 2.25. The molecule has 1 saturated carbocycles. The third-order valence-electron chi connectivity index (χ3n) is 3.06. The number of nitrogens with one attached hydrogen (secondary N) is 1. The molecule has 1 aromatic heterocycles. The summed E-state index contributed by atoms with van der Waals surface area (Å²) in [7, 11) is 0. The minimum atomic E-state index is -0.443. The lowest BCUT2D eigenvalue weighted by Crippen LogP contribution is -2.45. The van der Waals surface area contributed by atoms with Gasteiger partial charge in [-0.25, -0.2) is 4.98 Å². The van der Waals surface area contributed by atoms with Gasteiger partial charge in [0.15, 0.2) is 0 Å². The third kappa shape index (κ3) is 2.94. The first-order chi connectivity index (χ1) is 8.16. The van der Waals surface area contributed by atoms with Crippen LogP contribution in [0.15, 0.2) is 18.3 Å². The predicted octanol–water partition coefficient (Wildman–Crippen LogP) is 0.697. The lowest BCUT2D eigenvalue weighted by molar-refractivity contribution is 0.0714. The zero-order valence-electron chi connectivity index (χ0n) is 9.60. The maximum absolute atomic E-state index is 11.8. The van der Waals surface area contributed by atoms with Gasteiger partial charge in [-0.1, -0.05) is 12.8 Å². The monoisotopic (exact) mass is 235 g/mol. The summed E-state index contributed by atoms with van der Waals surface area (Å²) in [6, 6.07) is 3.06. The van der Waals surface area contributed by atoms with E-state index in [1.165, 1.54) is 6.20 Å². The molecule has 0 aliphatic heterocycles. The van der Waals surface area contributed by atoms with Gasteiger partial charge in [-0.3, -0.25) is 4.79 Å². The number of nitrogen functional groups attached to an aromatic ring is 1. The Labute approximate surface area is 100 Å². The first-order valence-electron chi connectivity index (χ1n) is 5.87. The van der Waals surface area contributed by atoms with E-state index >= 15 is 0 Å². The summed E-state index contributed by atoms with van der Waals surface area (Å²) in [6.45, 7) is 0. The van der Waals surface area contributed by atoms with Crippen LogP contribution >= 0.6 is 0 Å². The Bertz CT molecular complexity index is 391. The van der Waals surface area contributed by atoms with Crippen molar-refractivity contribution in [3.63, 3.8) is 0 Å². The van der Waals surface area contributed by atoms with Gasteiger partial charge in [-0.15, -0.1) is 0 Å². The Hall–Kier alpha value is -1.62. The summed E-state index contributed by atoms with van der Waals surface area (Å²) in [5, 5.41) is 12.6. The summed E-state index contributed by atoms with van der Waals surface area (Å²) in [4.78, 5) is 15.8. The molecule has 1 fully saturated rings. The van der Waals surface area contributed by atoms with Crippen LogP contribution in [0.3, 0.4) is 0 Å². The van der Waals surface area contributed by atoms with E-state index in [-0.39, 0.29) is 11.9 Å². The fourth-order valence-electron chi connectivity index (χ4n) is 2.06. The molecule has 0 bridgehead atoms. The molecule has 4 N–H and O–H groups in total. The molecule has 2 unspecified atom stereocenters. The van der Waals surface area contributed by atoms with Gasteiger partial charge in [-0.2, -0.15) is 0 Å². The maximum atomic E-state index is 11.8. The summed E-state index contributed by atoms with van der Waals surface area (Å²) in [5.74, 6) is -0.254. The maximum Gasteiger partial charge on any atom is 0.270 e. The van der Waals surface area contributed by atoms with Gasteiger partial charge in [0.1, 0.15) is 5.69 Å². The van der Waals surface area contributed by atoms with E-state index in [9.17, 15) is 9.90 Å². The molecule has 1 heterocycles. The van der Waals surface area contributed by atoms with E-state index in [0.29, 0.717) is 11.4 Å². The number of carbonyl (C=O) groups is 1. The molecule has 1 aliphatic carbocycles. The Kier molecular flexibility index (Phi) is 3.58. The first kappa shape index (κ1) is 11.9. The molecule has 1 aliphatic rings. The molecule has 2 atom stereocenters. The van der Waals surface area contributed by atoms with E-state index in [4.69, 9.17) is 5.73 Å². The van der Waals surface area contributed by atoms with Crippen molar-refractivity contribution in [1.29, 1.82) is 0 Å². The first-order valence-corrected chi connectivity index (χ1v) is 5.87. The van der Waals surface area contributed by atoms with Crippen LogP contribution in [0.4, 0.5) is 5.69 Å². The van der Waals surface area contributed by atoms with Gasteiger partial charge < -0.3 is 16.2 Å². The number of aliphatic hydroxyl groups is 1. The summed E-state index contributed by atoms with van der Waals surface area (Å²) >= 11 is 0. The summed E-state index contributed by atoms with van der Waals surface area (Å²) < 4.78 is 0. The number of amides is 1. The van der Waals surface area contributed by atoms with Gasteiger partial charge in [0, 0.05) is 0 Å². The van der Waals surface area contributed by atoms with Gasteiger partial charge in [0.25, 0.3) is 5.91 Å². The quantitative estimate of drug-likeness (QED) is 0.704. The molecule has 17 heavy (non-hydrogen) atoms. The zero-order chi connectivity index (χ0) is 12.3. The van der Waals surface area contributed by atoms with E-state index in [2.05, 4.69) is 10.3 Å². The number of hydrogen-bond donors (Lipinski definition) is 3. The van der Waals surface area contributed by atoms with Crippen molar-refractivity contribution in [2.45, 2.75) is 37.8 Å². The van der Waals surface area contributed by atoms with Crippen LogP contribution < -0.4 is 11.1 Å². The van der Waals surface area contributed by atoms with Gasteiger partial charge in [-0.05, 0) is 25.0 Å². The average molecular weight is 235 g/mol. The van der Waals surface area contributed by atoms with Gasteiger partial charge in [0.2, 0.25) is 0 Å². The number of nitrogens with two attached hydrogens (primary N) is 1. The number of rotatable bonds is 2. The molecule has 0 spiro atoms. The van der Waals surface area contributed by atoms with Crippen molar-refractivity contribution in [3.05, 3.63) is 24.0 Å². The number of aromatic nitrogens is 1.